The number of nitrogens with one attached hydrogen (secondary N) is 2. The first-order chi connectivity index (χ1) is 14.0. The molecule has 12 heteroatoms. The lowest BCUT2D eigenvalue weighted by molar-refractivity contribution is -0.137. The van der Waals surface area contributed by atoms with Gasteiger partial charge in [0.1, 0.15) is 22.7 Å². The summed E-state index contributed by atoms with van der Waals surface area (Å²) in [5.41, 5.74) is 4.92. The third kappa shape index (κ3) is 7.01. The van der Waals surface area contributed by atoms with Crippen molar-refractivity contribution in [3.63, 3.8) is 0 Å². The van der Waals surface area contributed by atoms with Crippen LogP contribution in [0.3, 0.4) is 0 Å². The van der Waals surface area contributed by atoms with E-state index in [0.29, 0.717) is 5.03 Å². The van der Waals surface area contributed by atoms with Gasteiger partial charge in [0.2, 0.25) is 11.9 Å². The van der Waals surface area contributed by atoms with Crippen molar-refractivity contribution in [1.82, 2.24) is 14.9 Å². The summed E-state index contributed by atoms with van der Waals surface area (Å²) in [5, 5.41) is 15.1. The molecule has 1 heterocycles. The zero-order chi connectivity index (χ0) is 22.5. The van der Waals surface area contributed by atoms with Crippen molar-refractivity contribution in [2.45, 2.75) is 24.7 Å². The van der Waals surface area contributed by atoms with E-state index >= 15 is 0 Å². The number of nitriles is 1. The van der Waals surface area contributed by atoms with Crippen LogP contribution in [0.1, 0.15) is 18.6 Å². The van der Waals surface area contributed by atoms with Gasteiger partial charge in [-0.1, -0.05) is 13.5 Å². The van der Waals surface area contributed by atoms with E-state index in [2.05, 4.69) is 20.6 Å². The molecule has 0 radical (unpaired) electrons. The van der Waals surface area contributed by atoms with Gasteiger partial charge < -0.3 is 21.3 Å². The summed E-state index contributed by atoms with van der Waals surface area (Å²) in [6.07, 6.45) is -2.82. The Morgan fingerprint density at radius 1 is 1.35 bits per heavy atom. The number of carbonyl (C=O) groups is 1. The summed E-state index contributed by atoms with van der Waals surface area (Å²) in [5.74, 6) is -0.613. The average molecular weight is 456 g/mol. The van der Waals surface area contributed by atoms with Crippen molar-refractivity contribution < 1.29 is 18.0 Å². The summed E-state index contributed by atoms with van der Waals surface area (Å²) in [6.45, 7) is 0.175. The minimum atomic E-state index is -4.53. The molecule has 0 aliphatic heterocycles. The van der Waals surface area contributed by atoms with E-state index in [1.807, 2.05) is 6.07 Å². The number of halogens is 3. The first-order valence-electron chi connectivity index (χ1n) is 8.56. The number of likely N-dealkylation sites (N-methyl/N-ethyl adjacent to an activating group) is 1. The summed E-state index contributed by atoms with van der Waals surface area (Å²) in [7, 11) is 3.44. The lowest BCUT2D eigenvalue weighted by atomic mass is 10.1. The molecule has 31 heavy (non-hydrogen) atoms. The molecule has 1 amide bonds. The number of alkyl halides is 3. The maximum Gasteiger partial charge on any atom is 0.416 e. The van der Waals surface area contributed by atoms with Crippen LogP contribution in [0.5, 0.6) is 0 Å². The Morgan fingerprint density at radius 2 is 2.03 bits per heavy atom. The molecule has 0 saturated carbocycles. The minimum Gasteiger partial charge on any atom is -0.368 e. The zero-order valence-electron chi connectivity index (χ0n) is 16.4. The molecule has 0 bridgehead atoms. The molecule has 1 atom stereocenters. The molecule has 0 aliphatic rings. The summed E-state index contributed by atoms with van der Waals surface area (Å²) in [6, 6.07) is 5.36. The predicted molar refractivity (Wildman–Crippen MR) is 116 cm³/mol. The molecule has 2 aromatic rings. The van der Waals surface area contributed by atoms with Crippen LogP contribution in [0.25, 0.3) is 0 Å². The molecule has 0 spiro atoms. The van der Waals surface area contributed by atoms with Crippen LogP contribution in [-0.2, 0) is 11.0 Å². The molecule has 4 N–H and O–H groups in total. The number of thioether (sulfide) groups is 1. The number of carbonyl (C=O) groups excluding carboxylic acids is 1. The molecule has 168 valence electrons. The maximum absolute atomic E-state index is 12.9. The van der Waals surface area contributed by atoms with Crippen LogP contribution in [0.4, 0.5) is 30.6 Å². The van der Waals surface area contributed by atoms with E-state index < -0.39 is 23.7 Å². The Labute approximate surface area is 183 Å². The van der Waals surface area contributed by atoms with Gasteiger partial charge in [-0.3, -0.25) is 4.79 Å². The minimum absolute atomic E-state index is 0. The van der Waals surface area contributed by atoms with Gasteiger partial charge in [-0.25, -0.2) is 4.98 Å². The molecular formula is C19H24F3N7OS. The van der Waals surface area contributed by atoms with Gasteiger partial charge in [0.15, 0.2) is 5.82 Å². The van der Waals surface area contributed by atoms with E-state index in [9.17, 15) is 23.2 Å². The van der Waals surface area contributed by atoms with Crippen molar-refractivity contribution in [3.8, 4) is 6.07 Å². The Bertz CT molecular complexity index is 960. The molecule has 1 aromatic carbocycles. The van der Waals surface area contributed by atoms with E-state index in [1.54, 1.807) is 25.3 Å². The standard InChI is InChI=1S/C18H20F3N7OS.CH4/c1-28(2)9-13(25-14-12(8-22)16(30-3)27-17(23)26-14)15(29)24-11-6-4-5-10(7-11)18(19,20)21;/h4-7,13H,9H2,1-3H3,(H,24,29)(H3,23,25,26,27);1H4/t13-;/m0./s1. The number of rotatable bonds is 7. The number of hydrogen-bond donors (Lipinski definition) is 3. The van der Waals surface area contributed by atoms with Gasteiger partial charge in [-0.15, -0.1) is 11.8 Å². The Hall–Kier alpha value is -3.04. The second kappa shape index (κ2) is 10.8. The quantitative estimate of drug-likeness (QED) is 0.430. The zero-order valence-corrected chi connectivity index (χ0v) is 17.2. The first kappa shape index (κ1) is 26.0. The van der Waals surface area contributed by atoms with E-state index in [0.717, 1.165) is 12.1 Å². The lowest BCUT2D eigenvalue weighted by Crippen LogP contribution is -2.42. The van der Waals surface area contributed by atoms with Crippen LogP contribution in [0.15, 0.2) is 29.3 Å². The second-order valence-electron chi connectivity index (χ2n) is 6.45. The number of amides is 1. The molecule has 0 fully saturated rings. The van der Waals surface area contributed by atoms with Crippen molar-refractivity contribution in [1.29, 1.82) is 5.26 Å². The van der Waals surface area contributed by atoms with Gasteiger partial charge in [0.05, 0.1) is 5.56 Å². The number of nitrogen functional groups attached to an aromatic ring is 1. The Kier molecular flexibility index (Phi) is 9.08. The van der Waals surface area contributed by atoms with E-state index in [1.165, 1.54) is 23.9 Å². The number of hydrogen-bond acceptors (Lipinski definition) is 8. The van der Waals surface area contributed by atoms with Crippen molar-refractivity contribution in [2.75, 3.05) is 43.3 Å². The van der Waals surface area contributed by atoms with Gasteiger partial charge in [-0.05, 0) is 38.6 Å². The highest BCUT2D eigenvalue weighted by atomic mass is 32.2. The molecule has 0 aliphatic carbocycles. The number of aromatic nitrogens is 2. The predicted octanol–water partition coefficient (Wildman–Crippen LogP) is 3.29. The first-order valence-corrected chi connectivity index (χ1v) is 9.78. The molecule has 1 aromatic heterocycles. The highest BCUT2D eigenvalue weighted by Gasteiger charge is 2.31. The molecular weight excluding hydrogens is 431 g/mol. The largest absolute Gasteiger partial charge is 0.416 e. The Morgan fingerprint density at radius 3 is 2.58 bits per heavy atom. The fraction of sp³-hybridized carbons (Fsp3) is 0.368. The molecule has 0 unspecified atom stereocenters. The van der Waals surface area contributed by atoms with Crippen LogP contribution >= 0.6 is 11.8 Å². The van der Waals surface area contributed by atoms with Crippen LogP contribution in [-0.4, -0.2) is 53.7 Å². The van der Waals surface area contributed by atoms with Crippen molar-refractivity contribution in [2.24, 2.45) is 0 Å². The highest BCUT2D eigenvalue weighted by molar-refractivity contribution is 7.98. The fourth-order valence-electron chi connectivity index (χ4n) is 2.54. The van der Waals surface area contributed by atoms with E-state index in [4.69, 9.17) is 5.73 Å². The van der Waals surface area contributed by atoms with Crippen molar-refractivity contribution >= 4 is 35.1 Å². The SMILES string of the molecule is C.CSc1nc(N)nc(N[C@@H](CN(C)C)C(=O)Nc2cccc(C(F)(F)F)c2)c1C#N. The normalized spacial score (nSPS) is 11.9. The molecule has 8 nitrogen and oxygen atoms in total. The molecule has 2 rings (SSSR count). The van der Waals surface area contributed by atoms with E-state index in [-0.39, 0.29) is 37.0 Å². The third-order valence-electron chi connectivity index (χ3n) is 3.83. The lowest BCUT2D eigenvalue weighted by Gasteiger charge is -2.23. The number of benzene rings is 1. The number of nitrogens with zero attached hydrogens (tertiary/aromatic N) is 4. The van der Waals surface area contributed by atoms with Crippen LogP contribution < -0.4 is 16.4 Å². The second-order valence-corrected chi connectivity index (χ2v) is 7.25. The highest BCUT2D eigenvalue weighted by Crippen LogP contribution is 2.31. The summed E-state index contributed by atoms with van der Waals surface area (Å²) >= 11 is 1.19. The van der Waals surface area contributed by atoms with Crippen LogP contribution in [0.2, 0.25) is 0 Å². The van der Waals surface area contributed by atoms with Crippen molar-refractivity contribution in [3.05, 3.63) is 35.4 Å². The monoisotopic (exact) mass is 455 g/mol. The average Bonchev–Trinajstić information content (AvgIpc) is 2.66. The number of nitrogens with two attached hydrogens (primary N) is 1. The third-order valence-corrected chi connectivity index (χ3v) is 4.51. The van der Waals surface area contributed by atoms with Gasteiger partial charge in [0, 0.05) is 12.2 Å². The molecule has 0 saturated heterocycles. The summed E-state index contributed by atoms with van der Waals surface area (Å²) < 4.78 is 38.8. The van der Waals surface area contributed by atoms with Gasteiger partial charge in [0.25, 0.3) is 0 Å². The van der Waals surface area contributed by atoms with Crippen LogP contribution in [0, 0.1) is 11.3 Å². The fourth-order valence-corrected chi connectivity index (χ4v) is 3.07. The topological polar surface area (TPSA) is 120 Å². The maximum atomic E-state index is 12.9. The smallest absolute Gasteiger partial charge is 0.368 e. The number of anilines is 3. The van der Waals surface area contributed by atoms with Gasteiger partial charge >= 0.3 is 6.18 Å². The Balaban J connectivity index is 0.00000480. The summed E-state index contributed by atoms with van der Waals surface area (Å²) in [4.78, 5) is 22.5. The van der Waals surface area contributed by atoms with Gasteiger partial charge in [-0.2, -0.15) is 23.4 Å².